The maximum Gasteiger partial charge on any atom is 0.329 e. The number of carboxylic acid groups (broad SMARTS) is 1. The Balaban J connectivity index is 1.73. The molecule has 1 unspecified atom stereocenters. The van der Waals surface area contributed by atoms with E-state index in [1.165, 1.54) is 16.0 Å². The van der Waals surface area contributed by atoms with Gasteiger partial charge in [-0.2, -0.15) is 10.4 Å². The van der Waals surface area contributed by atoms with Crippen molar-refractivity contribution < 1.29 is 32.9 Å². The topological polar surface area (TPSA) is 124 Å². The molecule has 4 aromatic heterocycles. The lowest BCUT2D eigenvalue weighted by Gasteiger charge is -2.24. The summed E-state index contributed by atoms with van der Waals surface area (Å²) in [5.74, 6) is -1.04. The average Bonchev–Trinajstić information content (AvgIpc) is 3.59. The van der Waals surface area contributed by atoms with Gasteiger partial charge in [0.1, 0.15) is 48.3 Å². The van der Waals surface area contributed by atoms with E-state index in [-0.39, 0.29) is 31.3 Å². The zero-order valence-corrected chi connectivity index (χ0v) is 25.5. The van der Waals surface area contributed by atoms with Crippen LogP contribution in [0.1, 0.15) is 21.9 Å². The summed E-state index contributed by atoms with van der Waals surface area (Å²) in [6.45, 7) is 8.58. The fraction of sp³-hybridized carbons (Fsp3) is 0.429. The van der Waals surface area contributed by atoms with E-state index in [4.69, 9.17) is 19.3 Å². The van der Waals surface area contributed by atoms with Gasteiger partial charge >= 0.3 is 5.97 Å². The van der Waals surface area contributed by atoms with Gasteiger partial charge in [-0.05, 0) is 31.2 Å². The molecule has 1 N–H and O–H groups in total. The lowest BCUT2D eigenvalue weighted by molar-refractivity contribution is -0.146. The Labute approximate surface area is 246 Å². The number of carbonyl (C=O) groups is 1. The van der Waals surface area contributed by atoms with Crippen LogP contribution in [0.3, 0.4) is 0 Å². The van der Waals surface area contributed by atoms with E-state index >= 15 is 0 Å². The first-order valence-corrected chi connectivity index (χ1v) is 17.9. The van der Waals surface area contributed by atoms with Gasteiger partial charge in [-0.1, -0.05) is 19.6 Å². The summed E-state index contributed by atoms with van der Waals surface area (Å²) >= 11 is 1.32. The number of halogens is 2. The highest BCUT2D eigenvalue weighted by molar-refractivity contribution is 7.13. The molecule has 0 bridgehead atoms. The highest BCUT2D eigenvalue weighted by Crippen LogP contribution is 2.49. The molecule has 10 nitrogen and oxygen atoms in total. The Morgan fingerprint density at radius 2 is 2.14 bits per heavy atom. The summed E-state index contributed by atoms with van der Waals surface area (Å²) in [7, 11) is -1.40. The SMILES string of the molecule is Cc1cc(-c2c(-c3c(C(F)F)nn4c3OCC(OCC(=O)O)C4)n(COCC[Si](C)(C)C)c3ncccc23)c(C#N)s1. The third-order valence-corrected chi connectivity index (χ3v) is 9.52. The summed E-state index contributed by atoms with van der Waals surface area (Å²) in [6, 6.07) is 8.66. The number of hydrogen-bond acceptors (Lipinski definition) is 8. The van der Waals surface area contributed by atoms with E-state index in [1.54, 1.807) is 16.8 Å². The van der Waals surface area contributed by atoms with Crippen molar-refractivity contribution >= 4 is 36.4 Å². The highest BCUT2D eigenvalue weighted by Gasteiger charge is 2.36. The van der Waals surface area contributed by atoms with E-state index < -0.39 is 38.9 Å². The molecule has 0 aliphatic carbocycles. The van der Waals surface area contributed by atoms with Gasteiger partial charge in [0.2, 0.25) is 5.88 Å². The number of fused-ring (bicyclic) bond motifs is 2. The lowest BCUT2D eigenvalue weighted by Crippen LogP contribution is -2.34. The van der Waals surface area contributed by atoms with Crippen LogP contribution in [0.15, 0.2) is 24.4 Å². The summed E-state index contributed by atoms with van der Waals surface area (Å²) in [5.41, 5.74) is 1.64. The molecule has 42 heavy (non-hydrogen) atoms. The number of carboxylic acids is 1. The van der Waals surface area contributed by atoms with E-state index in [0.717, 1.165) is 10.9 Å². The standard InChI is InChI=1S/C28H31F2N5O5SSi/c1-16-10-19(20(11-31)41-16)22-18-6-5-7-32-27(18)34(15-38-8-9-42(2,3)4)25(22)23-24(26(29)30)33-35-12-17(13-40-28(23)35)39-14-21(36)37/h5-7,10,17,26H,8-9,12-15H2,1-4H3,(H,36,37). The molecule has 14 heteroatoms. The predicted molar refractivity (Wildman–Crippen MR) is 156 cm³/mol. The number of alkyl halides is 2. The molecule has 222 valence electrons. The second-order valence-electron chi connectivity index (χ2n) is 11.3. The molecule has 0 saturated heterocycles. The molecule has 5 rings (SSSR count). The molecule has 0 amide bonds. The van der Waals surface area contributed by atoms with Gasteiger partial charge in [0.05, 0.1) is 17.8 Å². The number of aryl methyl sites for hydroxylation is 1. The first-order chi connectivity index (χ1) is 20.0. The third-order valence-electron chi connectivity index (χ3n) is 6.86. The van der Waals surface area contributed by atoms with Crippen molar-refractivity contribution in [3.05, 3.63) is 39.8 Å². The van der Waals surface area contributed by atoms with E-state index in [9.17, 15) is 18.8 Å². The number of pyridine rings is 1. The molecule has 0 spiro atoms. The quantitative estimate of drug-likeness (QED) is 0.163. The Bertz CT molecular complexity index is 1670. The van der Waals surface area contributed by atoms with Crippen LogP contribution < -0.4 is 4.74 Å². The van der Waals surface area contributed by atoms with Crippen LogP contribution in [-0.2, 0) is 27.5 Å². The molecule has 0 radical (unpaired) electrons. The molecule has 4 aromatic rings. The van der Waals surface area contributed by atoms with E-state index in [0.29, 0.717) is 39.3 Å². The smallest absolute Gasteiger partial charge is 0.329 e. The van der Waals surface area contributed by atoms with Gasteiger partial charge in [-0.3, -0.25) is 0 Å². The third kappa shape index (κ3) is 5.96. The van der Waals surface area contributed by atoms with Gasteiger partial charge in [0, 0.05) is 42.3 Å². The van der Waals surface area contributed by atoms with Gasteiger partial charge in [0.25, 0.3) is 6.43 Å². The second-order valence-corrected chi connectivity index (χ2v) is 18.1. The number of thiophene rings is 1. The van der Waals surface area contributed by atoms with Crippen LogP contribution in [0, 0.1) is 18.3 Å². The zero-order chi connectivity index (χ0) is 30.2. The summed E-state index contributed by atoms with van der Waals surface area (Å²) < 4.78 is 50.0. The van der Waals surface area contributed by atoms with Crippen LogP contribution in [0.5, 0.6) is 5.88 Å². The summed E-state index contributed by atoms with van der Waals surface area (Å²) in [6.07, 6.45) is -2.02. The predicted octanol–water partition coefficient (Wildman–Crippen LogP) is 5.92. The second kappa shape index (κ2) is 11.9. The number of hydrogen-bond donors (Lipinski definition) is 1. The van der Waals surface area contributed by atoms with E-state index in [2.05, 4.69) is 35.8 Å². The van der Waals surface area contributed by atoms with Crippen LogP contribution in [0.4, 0.5) is 8.78 Å². The van der Waals surface area contributed by atoms with E-state index in [1.807, 2.05) is 19.1 Å². The highest BCUT2D eigenvalue weighted by atomic mass is 32.1. The average molecular weight is 616 g/mol. The number of ether oxygens (including phenoxy) is 3. The Hall–Kier alpha value is -3.64. The van der Waals surface area contributed by atoms with Crippen molar-refractivity contribution in [1.82, 2.24) is 19.3 Å². The number of rotatable bonds is 11. The van der Waals surface area contributed by atoms with Gasteiger partial charge in [-0.15, -0.1) is 11.3 Å². The fourth-order valence-corrected chi connectivity index (χ4v) is 6.54. The molecule has 1 aliphatic heterocycles. The van der Waals surface area contributed by atoms with Crippen molar-refractivity contribution in [2.45, 2.75) is 58.4 Å². The number of aromatic nitrogens is 4. The van der Waals surface area contributed by atoms with Crippen molar-refractivity contribution in [3.63, 3.8) is 0 Å². The van der Waals surface area contributed by atoms with Crippen LogP contribution in [0.2, 0.25) is 25.7 Å². The summed E-state index contributed by atoms with van der Waals surface area (Å²) in [4.78, 5) is 16.9. The molecular formula is C28H31F2N5O5SSi. The molecule has 0 saturated carbocycles. The fourth-order valence-electron chi connectivity index (χ4n) is 4.97. The molecular weight excluding hydrogens is 584 g/mol. The van der Waals surface area contributed by atoms with Crippen LogP contribution in [-0.4, -0.2) is 64.4 Å². The minimum atomic E-state index is -2.96. The number of nitrogens with zero attached hydrogens (tertiary/aromatic N) is 5. The first kappa shape index (κ1) is 29.8. The van der Waals surface area contributed by atoms with Gasteiger partial charge in [0.15, 0.2) is 0 Å². The molecule has 0 fully saturated rings. The van der Waals surface area contributed by atoms with Crippen LogP contribution >= 0.6 is 11.3 Å². The van der Waals surface area contributed by atoms with Crippen molar-refractivity contribution in [2.75, 3.05) is 19.8 Å². The maximum absolute atomic E-state index is 14.7. The molecule has 0 aromatic carbocycles. The van der Waals surface area contributed by atoms with Crippen LogP contribution in [0.25, 0.3) is 33.4 Å². The Morgan fingerprint density at radius 1 is 1.36 bits per heavy atom. The van der Waals surface area contributed by atoms with Gasteiger partial charge in [-0.25, -0.2) is 23.2 Å². The number of aliphatic carboxylic acids is 1. The minimum Gasteiger partial charge on any atom is -0.480 e. The van der Waals surface area contributed by atoms with Crippen molar-refractivity contribution in [1.29, 1.82) is 5.26 Å². The van der Waals surface area contributed by atoms with Gasteiger partial charge < -0.3 is 23.9 Å². The summed E-state index contributed by atoms with van der Waals surface area (Å²) in [5, 5.41) is 23.9. The minimum absolute atomic E-state index is 0.0316. The van der Waals surface area contributed by atoms with Crippen molar-refractivity contribution in [3.8, 4) is 34.3 Å². The molecule has 1 atom stereocenters. The Kier molecular flexibility index (Phi) is 8.47. The molecule has 1 aliphatic rings. The lowest BCUT2D eigenvalue weighted by atomic mass is 9.98. The zero-order valence-electron chi connectivity index (χ0n) is 23.7. The monoisotopic (exact) mass is 615 g/mol. The normalized spacial score (nSPS) is 15.1. The molecule has 5 heterocycles. The number of nitriles is 1. The maximum atomic E-state index is 14.7. The largest absolute Gasteiger partial charge is 0.480 e. The first-order valence-electron chi connectivity index (χ1n) is 13.4. The Morgan fingerprint density at radius 3 is 2.83 bits per heavy atom. The van der Waals surface area contributed by atoms with Crippen molar-refractivity contribution in [2.24, 2.45) is 0 Å².